The van der Waals surface area contributed by atoms with E-state index in [0.717, 1.165) is 35.2 Å². The molecule has 110 valence electrons. The van der Waals surface area contributed by atoms with Crippen LogP contribution in [0, 0.1) is 0 Å². The third-order valence-electron chi connectivity index (χ3n) is 4.15. The van der Waals surface area contributed by atoms with Crippen molar-refractivity contribution in [2.45, 2.75) is 31.5 Å². The zero-order valence-corrected chi connectivity index (χ0v) is 14.6. The van der Waals surface area contributed by atoms with Crippen LogP contribution in [0.15, 0.2) is 27.1 Å². The summed E-state index contributed by atoms with van der Waals surface area (Å²) in [4.78, 5) is 2.59. The monoisotopic (exact) mass is 402 g/mol. The highest BCUT2D eigenvalue weighted by Gasteiger charge is 2.31. The third-order valence-corrected chi connectivity index (χ3v) is 6.03. The van der Waals surface area contributed by atoms with Crippen LogP contribution in [0.3, 0.4) is 0 Å². The van der Waals surface area contributed by atoms with Crippen molar-refractivity contribution in [3.05, 3.63) is 32.7 Å². The lowest BCUT2D eigenvalue weighted by atomic mass is 10.2. The minimum absolute atomic E-state index is 0.336. The van der Waals surface area contributed by atoms with Crippen LogP contribution in [0.5, 0.6) is 0 Å². The molecule has 3 rings (SSSR count). The summed E-state index contributed by atoms with van der Waals surface area (Å²) in [5.74, 6) is 0. The molecule has 0 spiro atoms. The Kier molecular flexibility index (Phi) is 5.15. The number of nitrogens with one attached hydrogen (secondary N) is 1. The molecule has 1 aromatic rings. The van der Waals surface area contributed by atoms with Gasteiger partial charge in [-0.2, -0.15) is 0 Å². The molecule has 2 saturated heterocycles. The fraction of sp³-hybridized carbons (Fsp3) is 0.600. The summed E-state index contributed by atoms with van der Waals surface area (Å²) in [5, 5.41) is 3.51. The van der Waals surface area contributed by atoms with Gasteiger partial charge in [-0.15, -0.1) is 0 Å². The Bertz CT molecular complexity index is 469. The molecule has 0 aromatic heterocycles. The molecule has 2 aliphatic heterocycles. The van der Waals surface area contributed by atoms with E-state index >= 15 is 0 Å². The number of ether oxygens (including phenoxy) is 1. The smallest absolute Gasteiger partial charge is 0.0827 e. The first-order valence-electron chi connectivity index (χ1n) is 7.22. The fourth-order valence-electron chi connectivity index (χ4n) is 3.04. The maximum absolute atomic E-state index is 5.95. The Labute approximate surface area is 137 Å². The zero-order valence-electron chi connectivity index (χ0n) is 11.4. The van der Waals surface area contributed by atoms with E-state index in [-0.39, 0.29) is 0 Å². The van der Waals surface area contributed by atoms with Crippen molar-refractivity contribution < 1.29 is 4.74 Å². The summed E-state index contributed by atoms with van der Waals surface area (Å²) in [6, 6.07) is 7.05. The molecular weight excluding hydrogens is 384 g/mol. The van der Waals surface area contributed by atoms with E-state index in [4.69, 9.17) is 4.74 Å². The van der Waals surface area contributed by atoms with Gasteiger partial charge in [0.25, 0.3) is 0 Å². The van der Waals surface area contributed by atoms with E-state index in [9.17, 15) is 0 Å². The Morgan fingerprint density at radius 2 is 2.20 bits per heavy atom. The van der Waals surface area contributed by atoms with Gasteiger partial charge in [0.1, 0.15) is 0 Å². The molecule has 0 bridgehead atoms. The normalized spacial score (nSPS) is 26.7. The maximum atomic E-state index is 5.95. The molecule has 0 amide bonds. The van der Waals surface area contributed by atoms with Gasteiger partial charge in [0.2, 0.25) is 0 Å². The highest BCUT2D eigenvalue weighted by atomic mass is 79.9. The van der Waals surface area contributed by atoms with E-state index in [1.54, 1.807) is 0 Å². The Balaban J connectivity index is 1.44. The molecule has 2 heterocycles. The van der Waals surface area contributed by atoms with Gasteiger partial charge < -0.3 is 10.1 Å². The summed E-state index contributed by atoms with van der Waals surface area (Å²) in [7, 11) is 0. The summed E-state index contributed by atoms with van der Waals surface area (Å²) < 4.78 is 8.15. The lowest BCUT2D eigenvalue weighted by Crippen LogP contribution is -2.49. The van der Waals surface area contributed by atoms with Gasteiger partial charge in [-0.05, 0) is 68.9 Å². The maximum Gasteiger partial charge on any atom is 0.0827 e. The predicted molar refractivity (Wildman–Crippen MR) is 87.9 cm³/mol. The number of rotatable bonds is 4. The number of halogens is 2. The molecule has 5 heteroatoms. The standard InChI is InChI=1S/C15H20Br2N2O/c16-14-4-3-11(6-15(14)17)7-18-8-13-9-19-5-1-2-12(19)10-20-13/h3-4,6,12-13,18H,1-2,5,7-10H2. The molecule has 2 atom stereocenters. The summed E-state index contributed by atoms with van der Waals surface area (Å²) in [5.41, 5.74) is 1.29. The minimum Gasteiger partial charge on any atom is -0.374 e. The first kappa shape index (κ1) is 15.0. The van der Waals surface area contributed by atoms with Gasteiger partial charge in [0, 0.05) is 34.6 Å². The van der Waals surface area contributed by atoms with Crippen molar-refractivity contribution in [3.63, 3.8) is 0 Å². The van der Waals surface area contributed by atoms with Crippen molar-refractivity contribution in [1.29, 1.82) is 0 Å². The molecule has 2 fully saturated rings. The summed E-state index contributed by atoms with van der Waals surface area (Å²) >= 11 is 7.03. The Morgan fingerprint density at radius 1 is 1.30 bits per heavy atom. The van der Waals surface area contributed by atoms with Gasteiger partial charge in [0.15, 0.2) is 0 Å². The van der Waals surface area contributed by atoms with Crippen molar-refractivity contribution in [3.8, 4) is 0 Å². The van der Waals surface area contributed by atoms with Crippen LogP contribution in [0.2, 0.25) is 0 Å². The highest BCUT2D eigenvalue weighted by molar-refractivity contribution is 9.13. The quantitative estimate of drug-likeness (QED) is 0.835. The van der Waals surface area contributed by atoms with Crippen molar-refractivity contribution >= 4 is 31.9 Å². The highest BCUT2D eigenvalue weighted by Crippen LogP contribution is 2.24. The van der Waals surface area contributed by atoms with Gasteiger partial charge in [-0.1, -0.05) is 6.07 Å². The van der Waals surface area contributed by atoms with Gasteiger partial charge >= 0.3 is 0 Å². The second kappa shape index (κ2) is 6.88. The molecule has 2 aliphatic rings. The number of fused-ring (bicyclic) bond motifs is 1. The minimum atomic E-state index is 0.336. The zero-order chi connectivity index (χ0) is 13.9. The van der Waals surface area contributed by atoms with E-state index in [1.165, 1.54) is 24.9 Å². The molecule has 2 unspecified atom stereocenters. The van der Waals surface area contributed by atoms with Crippen LogP contribution in [0.4, 0.5) is 0 Å². The van der Waals surface area contributed by atoms with Crippen LogP contribution >= 0.6 is 31.9 Å². The SMILES string of the molecule is Brc1ccc(CNCC2CN3CCCC3CO2)cc1Br. The van der Waals surface area contributed by atoms with E-state index < -0.39 is 0 Å². The molecule has 0 radical (unpaired) electrons. The van der Waals surface area contributed by atoms with E-state index in [2.05, 4.69) is 60.3 Å². The Hall–Kier alpha value is 0.0600. The molecule has 20 heavy (non-hydrogen) atoms. The molecule has 1 N–H and O–H groups in total. The lowest BCUT2D eigenvalue weighted by molar-refractivity contribution is -0.0470. The van der Waals surface area contributed by atoms with Crippen LogP contribution in [-0.2, 0) is 11.3 Å². The van der Waals surface area contributed by atoms with Crippen molar-refractivity contribution in [2.24, 2.45) is 0 Å². The van der Waals surface area contributed by atoms with E-state index in [0.29, 0.717) is 12.1 Å². The van der Waals surface area contributed by atoms with Crippen LogP contribution in [-0.4, -0.2) is 43.3 Å². The van der Waals surface area contributed by atoms with E-state index in [1.807, 2.05) is 0 Å². The Morgan fingerprint density at radius 3 is 3.05 bits per heavy atom. The number of hydrogen-bond acceptors (Lipinski definition) is 3. The number of benzene rings is 1. The molecule has 3 nitrogen and oxygen atoms in total. The number of morpholine rings is 1. The predicted octanol–water partition coefficient (Wildman–Crippen LogP) is 3.16. The molecule has 0 aliphatic carbocycles. The average Bonchev–Trinajstić information content (AvgIpc) is 2.90. The summed E-state index contributed by atoms with van der Waals surface area (Å²) in [6.45, 7) is 5.06. The molecule has 1 aromatic carbocycles. The number of nitrogens with zero attached hydrogens (tertiary/aromatic N) is 1. The average molecular weight is 404 g/mol. The number of hydrogen-bond donors (Lipinski definition) is 1. The second-order valence-corrected chi connectivity index (χ2v) is 7.33. The molecular formula is C15H20Br2N2O. The van der Waals surface area contributed by atoms with Crippen molar-refractivity contribution in [2.75, 3.05) is 26.2 Å². The second-order valence-electron chi connectivity index (χ2n) is 5.63. The first-order chi connectivity index (χ1) is 9.72. The fourth-order valence-corrected chi connectivity index (χ4v) is 3.71. The third kappa shape index (κ3) is 3.63. The van der Waals surface area contributed by atoms with Crippen LogP contribution in [0.1, 0.15) is 18.4 Å². The first-order valence-corrected chi connectivity index (χ1v) is 8.81. The molecule has 0 saturated carbocycles. The topological polar surface area (TPSA) is 24.5 Å². The van der Waals surface area contributed by atoms with Crippen LogP contribution < -0.4 is 5.32 Å². The largest absolute Gasteiger partial charge is 0.374 e. The van der Waals surface area contributed by atoms with Gasteiger partial charge in [-0.25, -0.2) is 0 Å². The van der Waals surface area contributed by atoms with Crippen LogP contribution in [0.25, 0.3) is 0 Å². The lowest BCUT2D eigenvalue weighted by Gasteiger charge is -2.35. The van der Waals surface area contributed by atoms with Gasteiger partial charge in [-0.3, -0.25) is 4.90 Å². The van der Waals surface area contributed by atoms with Crippen molar-refractivity contribution in [1.82, 2.24) is 10.2 Å². The summed E-state index contributed by atoms with van der Waals surface area (Å²) in [6.07, 6.45) is 2.98. The van der Waals surface area contributed by atoms with Gasteiger partial charge in [0.05, 0.1) is 12.7 Å².